The minimum atomic E-state index is -0.496. The van der Waals surface area contributed by atoms with E-state index in [-0.39, 0.29) is 28.9 Å². The number of halogens is 1. The van der Waals surface area contributed by atoms with Gasteiger partial charge in [-0.3, -0.25) is 4.79 Å². The molecule has 1 aliphatic carbocycles. The average Bonchev–Trinajstić information content (AvgIpc) is 2.94. The van der Waals surface area contributed by atoms with Crippen LogP contribution in [0.25, 0.3) is 0 Å². The number of nitrogens with zero attached hydrogens (tertiary/aromatic N) is 2. The maximum atomic E-state index is 12.6. The van der Waals surface area contributed by atoms with Gasteiger partial charge in [0.2, 0.25) is 5.91 Å². The van der Waals surface area contributed by atoms with Gasteiger partial charge in [0.1, 0.15) is 5.60 Å². The van der Waals surface area contributed by atoms with Gasteiger partial charge in [-0.2, -0.15) is 0 Å². The summed E-state index contributed by atoms with van der Waals surface area (Å²) >= 11 is 6.57. The molecule has 5 nitrogen and oxygen atoms in total. The van der Waals surface area contributed by atoms with Crippen LogP contribution in [0.5, 0.6) is 0 Å². The van der Waals surface area contributed by atoms with Crippen LogP contribution < -0.4 is 0 Å². The molecule has 1 aromatic rings. The van der Waals surface area contributed by atoms with Crippen molar-refractivity contribution < 1.29 is 14.3 Å². The number of benzene rings is 1. The molecule has 0 aromatic heterocycles. The fraction of sp³-hybridized carbons (Fsp3) is 0.680. The lowest BCUT2D eigenvalue weighted by atomic mass is 9.72. The van der Waals surface area contributed by atoms with E-state index in [9.17, 15) is 9.59 Å². The van der Waals surface area contributed by atoms with Crippen LogP contribution in [0.4, 0.5) is 4.79 Å². The molecule has 1 aliphatic heterocycles. The lowest BCUT2D eigenvalue weighted by Crippen LogP contribution is -2.49. The van der Waals surface area contributed by atoms with E-state index >= 15 is 0 Å². The summed E-state index contributed by atoms with van der Waals surface area (Å²) in [6, 6.07) is 4.35. The summed E-state index contributed by atoms with van der Waals surface area (Å²) in [7, 11) is 1.89. The zero-order chi connectivity index (χ0) is 23.4. The number of likely N-dealkylation sites (tertiary alicyclic amines) is 1. The maximum Gasteiger partial charge on any atom is 0.410 e. The van der Waals surface area contributed by atoms with Crippen molar-refractivity contribution >= 4 is 23.6 Å². The molecule has 1 spiro atoms. The van der Waals surface area contributed by atoms with Crippen LogP contribution >= 0.6 is 11.6 Å². The summed E-state index contributed by atoms with van der Waals surface area (Å²) in [4.78, 5) is 28.5. The van der Waals surface area contributed by atoms with Crippen LogP contribution in [0.2, 0.25) is 5.02 Å². The molecule has 1 saturated heterocycles. The van der Waals surface area contributed by atoms with Gasteiger partial charge in [0, 0.05) is 43.5 Å². The molecule has 1 atom stereocenters. The lowest BCUT2D eigenvalue weighted by molar-refractivity contribution is -0.133. The van der Waals surface area contributed by atoms with Crippen molar-refractivity contribution in [2.24, 2.45) is 0 Å². The predicted molar refractivity (Wildman–Crippen MR) is 125 cm³/mol. The van der Waals surface area contributed by atoms with Crippen LogP contribution in [0.3, 0.4) is 0 Å². The maximum absolute atomic E-state index is 12.6. The van der Waals surface area contributed by atoms with Gasteiger partial charge in [-0.15, -0.1) is 0 Å². The third-order valence-corrected chi connectivity index (χ3v) is 7.84. The van der Waals surface area contributed by atoms with Crippen molar-refractivity contribution in [2.75, 3.05) is 20.1 Å². The van der Waals surface area contributed by atoms with E-state index in [1.807, 2.05) is 44.5 Å². The quantitative estimate of drug-likeness (QED) is 0.586. The molecule has 2 amide bonds. The molecule has 1 unspecified atom stereocenters. The summed E-state index contributed by atoms with van der Waals surface area (Å²) in [5, 5.41) is 0.783. The number of ether oxygens (including phenoxy) is 1. The summed E-state index contributed by atoms with van der Waals surface area (Å²) in [5.41, 5.74) is 2.80. The molecule has 6 heteroatoms. The summed E-state index contributed by atoms with van der Waals surface area (Å²) < 4.78 is 5.59. The van der Waals surface area contributed by atoms with Crippen LogP contribution in [-0.2, 0) is 14.9 Å². The molecular formula is C25H37ClN2O3. The first-order chi connectivity index (χ1) is 14.2. The van der Waals surface area contributed by atoms with Crippen molar-refractivity contribution in [3.63, 3.8) is 0 Å². The monoisotopic (exact) mass is 448 g/mol. The third kappa shape index (κ3) is 4.44. The van der Waals surface area contributed by atoms with E-state index in [4.69, 9.17) is 16.3 Å². The Labute approximate surface area is 192 Å². The molecule has 172 valence electrons. The summed E-state index contributed by atoms with van der Waals surface area (Å²) in [5.74, 6) is 0.276. The predicted octanol–water partition coefficient (Wildman–Crippen LogP) is 5.66. The fourth-order valence-electron chi connectivity index (χ4n) is 5.25. The van der Waals surface area contributed by atoms with Crippen molar-refractivity contribution in [2.45, 2.75) is 90.2 Å². The lowest BCUT2D eigenvalue weighted by Gasteiger charge is -2.43. The average molecular weight is 449 g/mol. The number of likely N-dealkylation sites (N-methyl/N-ethyl adjacent to an activating group) is 1. The summed E-state index contributed by atoms with van der Waals surface area (Å²) in [6.07, 6.45) is 2.45. The molecule has 0 saturated carbocycles. The number of aryl methyl sites for hydroxylation is 1. The number of fused-ring (bicyclic) bond motifs is 2. The zero-order valence-corrected chi connectivity index (χ0v) is 21.0. The van der Waals surface area contributed by atoms with E-state index in [2.05, 4.69) is 26.0 Å². The second-order valence-corrected chi connectivity index (χ2v) is 11.3. The van der Waals surface area contributed by atoms with Gasteiger partial charge in [0.25, 0.3) is 0 Å². The Morgan fingerprint density at radius 2 is 1.74 bits per heavy atom. The minimum Gasteiger partial charge on any atom is -0.444 e. The first-order valence-corrected chi connectivity index (χ1v) is 11.6. The molecule has 1 aromatic carbocycles. The van der Waals surface area contributed by atoms with Crippen molar-refractivity contribution in [1.82, 2.24) is 9.80 Å². The van der Waals surface area contributed by atoms with E-state index in [1.54, 1.807) is 6.92 Å². The number of carbonyl (C=O) groups is 2. The molecule has 1 heterocycles. The van der Waals surface area contributed by atoms with E-state index in [0.717, 1.165) is 29.8 Å². The second kappa shape index (κ2) is 7.99. The normalized spacial score (nSPS) is 20.5. The minimum absolute atomic E-state index is 0.0370. The van der Waals surface area contributed by atoms with Crippen LogP contribution in [0.1, 0.15) is 83.4 Å². The molecule has 1 fully saturated rings. The van der Waals surface area contributed by atoms with Crippen LogP contribution in [0, 0.1) is 6.92 Å². The molecule has 0 bridgehead atoms. The Bertz CT molecular complexity index is 879. The highest BCUT2D eigenvalue weighted by Crippen LogP contribution is 2.56. The first kappa shape index (κ1) is 23.9. The Morgan fingerprint density at radius 1 is 1.16 bits per heavy atom. The molecule has 0 radical (unpaired) electrons. The van der Waals surface area contributed by atoms with E-state index in [1.165, 1.54) is 11.1 Å². The highest BCUT2D eigenvalue weighted by molar-refractivity contribution is 6.31. The van der Waals surface area contributed by atoms with Crippen molar-refractivity contribution in [3.05, 3.63) is 33.8 Å². The van der Waals surface area contributed by atoms with Gasteiger partial charge in [0.15, 0.2) is 0 Å². The molecule has 31 heavy (non-hydrogen) atoms. The van der Waals surface area contributed by atoms with Crippen LogP contribution in [-0.4, -0.2) is 53.1 Å². The molecule has 0 N–H and O–H groups in total. The molecule has 3 rings (SSSR count). The number of hydrogen-bond acceptors (Lipinski definition) is 3. The third-order valence-electron chi connectivity index (χ3n) is 7.43. The highest BCUT2D eigenvalue weighted by atomic mass is 35.5. The number of carbonyl (C=O) groups excluding carboxylic acids is 2. The number of hydrogen-bond donors (Lipinski definition) is 0. The van der Waals surface area contributed by atoms with E-state index < -0.39 is 5.60 Å². The Morgan fingerprint density at radius 3 is 2.26 bits per heavy atom. The largest absolute Gasteiger partial charge is 0.444 e. The second-order valence-electron chi connectivity index (χ2n) is 10.9. The fourth-order valence-corrected chi connectivity index (χ4v) is 5.41. The zero-order valence-electron chi connectivity index (χ0n) is 20.3. The summed E-state index contributed by atoms with van der Waals surface area (Å²) in [6.45, 7) is 15.0. The van der Waals surface area contributed by atoms with Gasteiger partial charge in [-0.25, -0.2) is 4.79 Å². The van der Waals surface area contributed by atoms with Gasteiger partial charge in [-0.1, -0.05) is 17.7 Å². The highest BCUT2D eigenvalue weighted by Gasteiger charge is 2.51. The van der Waals surface area contributed by atoms with Crippen LogP contribution in [0.15, 0.2) is 12.1 Å². The van der Waals surface area contributed by atoms with E-state index in [0.29, 0.717) is 13.1 Å². The smallest absolute Gasteiger partial charge is 0.410 e. The topological polar surface area (TPSA) is 49.9 Å². The van der Waals surface area contributed by atoms with Gasteiger partial charge < -0.3 is 14.5 Å². The van der Waals surface area contributed by atoms with Gasteiger partial charge in [-0.05, 0) is 89.0 Å². The first-order valence-electron chi connectivity index (χ1n) is 11.2. The van der Waals surface area contributed by atoms with Crippen molar-refractivity contribution in [3.8, 4) is 0 Å². The Kier molecular flexibility index (Phi) is 6.16. The van der Waals surface area contributed by atoms with Crippen molar-refractivity contribution in [1.29, 1.82) is 0 Å². The standard InChI is InChI=1S/C25H37ClN2O3/c1-16-13-18-19(14-21(16)26)25(15-20(18)24(6,7)27(8)17(2)29)9-11-28(12-10-25)22(30)31-23(3,4)5/h13-14,20H,9-12,15H2,1-8H3. The number of amides is 2. The number of piperidine rings is 1. The molecular weight excluding hydrogens is 412 g/mol. The Hall–Kier alpha value is -1.75. The van der Waals surface area contributed by atoms with Gasteiger partial charge in [0.05, 0.1) is 0 Å². The van der Waals surface area contributed by atoms with Gasteiger partial charge >= 0.3 is 6.09 Å². The Balaban J connectivity index is 1.93. The SMILES string of the molecule is CC(=O)N(C)C(C)(C)C1CC2(CCN(C(=O)OC(C)(C)C)CC2)c2cc(Cl)c(C)cc21. The number of rotatable bonds is 2. The molecule has 2 aliphatic rings.